The van der Waals surface area contributed by atoms with Crippen LogP contribution in [0.3, 0.4) is 0 Å². The largest absolute Gasteiger partial charge is 0.358 e. The van der Waals surface area contributed by atoms with E-state index in [1.54, 1.807) is 0 Å². The van der Waals surface area contributed by atoms with Gasteiger partial charge in [-0.3, -0.25) is 4.98 Å². The molecule has 0 bridgehead atoms. The van der Waals surface area contributed by atoms with E-state index >= 15 is 0 Å². The summed E-state index contributed by atoms with van der Waals surface area (Å²) in [6, 6.07) is 12.1. The molecular weight excluding hydrogens is 232 g/mol. The topological polar surface area (TPSA) is 28.7 Å². The Balaban J connectivity index is 1.96. The van der Waals surface area contributed by atoms with E-state index in [0.29, 0.717) is 0 Å². The summed E-state index contributed by atoms with van der Waals surface area (Å²) >= 11 is 5.96. The predicted octanol–water partition coefficient (Wildman–Crippen LogP) is 3.81. The van der Waals surface area contributed by atoms with Gasteiger partial charge in [0.05, 0.1) is 0 Å². The molecule has 3 aromatic rings. The highest BCUT2D eigenvalue weighted by atomic mass is 35.5. The molecule has 0 saturated heterocycles. The van der Waals surface area contributed by atoms with E-state index in [2.05, 4.69) is 16.0 Å². The van der Waals surface area contributed by atoms with E-state index in [1.165, 1.54) is 16.6 Å². The third-order valence-corrected chi connectivity index (χ3v) is 3.02. The maximum atomic E-state index is 5.96. The van der Waals surface area contributed by atoms with Crippen LogP contribution in [0.1, 0.15) is 11.3 Å². The van der Waals surface area contributed by atoms with Gasteiger partial charge in [0.25, 0.3) is 0 Å². The normalized spacial score (nSPS) is 10.9. The zero-order chi connectivity index (χ0) is 11.7. The molecule has 0 atom stereocenters. The van der Waals surface area contributed by atoms with Crippen molar-refractivity contribution >= 4 is 22.5 Å². The number of rotatable bonds is 2. The Labute approximate surface area is 104 Å². The molecule has 0 unspecified atom stereocenters. The van der Waals surface area contributed by atoms with E-state index in [9.17, 15) is 0 Å². The fourth-order valence-corrected chi connectivity index (χ4v) is 2.15. The second-order valence-electron chi connectivity index (χ2n) is 4.06. The van der Waals surface area contributed by atoms with Gasteiger partial charge in [0.15, 0.2) is 0 Å². The van der Waals surface area contributed by atoms with E-state index in [4.69, 9.17) is 11.6 Å². The smallest absolute Gasteiger partial charge is 0.0471 e. The van der Waals surface area contributed by atoms with Crippen LogP contribution in [-0.4, -0.2) is 9.97 Å². The van der Waals surface area contributed by atoms with E-state index in [-0.39, 0.29) is 0 Å². The molecule has 17 heavy (non-hydrogen) atoms. The Morgan fingerprint density at radius 1 is 1.06 bits per heavy atom. The van der Waals surface area contributed by atoms with Crippen molar-refractivity contribution in [3.8, 4) is 0 Å². The number of aromatic nitrogens is 2. The fourth-order valence-electron chi connectivity index (χ4n) is 1.98. The Hall–Kier alpha value is -1.80. The molecule has 3 heteroatoms. The van der Waals surface area contributed by atoms with Crippen molar-refractivity contribution in [3.05, 3.63) is 65.1 Å². The molecule has 0 saturated carbocycles. The highest BCUT2D eigenvalue weighted by Crippen LogP contribution is 2.21. The lowest BCUT2D eigenvalue weighted by Crippen LogP contribution is -1.87. The SMILES string of the molecule is Clc1ccc2cc(Cc3ccncc3)[nH]c2c1. The van der Waals surface area contributed by atoms with Gasteiger partial charge in [-0.15, -0.1) is 0 Å². The summed E-state index contributed by atoms with van der Waals surface area (Å²) in [7, 11) is 0. The lowest BCUT2D eigenvalue weighted by atomic mass is 10.1. The highest BCUT2D eigenvalue weighted by molar-refractivity contribution is 6.31. The quantitative estimate of drug-likeness (QED) is 0.727. The Kier molecular flexibility index (Phi) is 2.57. The van der Waals surface area contributed by atoms with Crippen LogP contribution in [0.5, 0.6) is 0 Å². The second kappa shape index (κ2) is 4.22. The molecule has 0 amide bonds. The molecule has 2 nitrogen and oxygen atoms in total. The summed E-state index contributed by atoms with van der Waals surface area (Å²) in [5.74, 6) is 0. The van der Waals surface area contributed by atoms with Crippen molar-refractivity contribution in [1.29, 1.82) is 0 Å². The summed E-state index contributed by atoms with van der Waals surface area (Å²) in [5, 5.41) is 1.95. The first kappa shape index (κ1) is 10.4. The van der Waals surface area contributed by atoms with Crippen molar-refractivity contribution in [2.24, 2.45) is 0 Å². The number of halogens is 1. The number of nitrogens with one attached hydrogen (secondary N) is 1. The molecule has 2 aromatic heterocycles. The number of H-pyrrole nitrogens is 1. The molecule has 0 aliphatic carbocycles. The van der Waals surface area contributed by atoms with Gasteiger partial charge in [-0.25, -0.2) is 0 Å². The van der Waals surface area contributed by atoms with Crippen molar-refractivity contribution in [1.82, 2.24) is 9.97 Å². The molecule has 0 radical (unpaired) electrons. The maximum absolute atomic E-state index is 5.96. The van der Waals surface area contributed by atoms with E-state index < -0.39 is 0 Å². The zero-order valence-electron chi connectivity index (χ0n) is 9.15. The van der Waals surface area contributed by atoms with Crippen molar-refractivity contribution in [3.63, 3.8) is 0 Å². The monoisotopic (exact) mass is 242 g/mol. The minimum atomic E-state index is 0.759. The predicted molar refractivity (Wildman–Crippen MR) is 70.4 cm³/mol. The average molecular weight is 243 g/mol. The third-order valence-electron chi connectivity index (χ3n) is 2.78. The number of aromatic amines is 1. The molecule has 0 aliphatic heterocycles. The molecule has 84 valence electrons. The zero-order valence-corrected chi connectivity index (χ0v) is 9.91. The van der Waals surface area contributed by atoms with Crippen LogP contribution in [0.25, 0.3) is 10.9 Å². The molecule has 3 rings (SSSR count). The maximum Gasteiger partial charge on any atom is 0.0471 e. The number of nitrogens with zero attached hydrogens (tertiary/aromatic N) is 1. The van der Waals surface area contributed by atoms with Gasteiger partial charge in [-0.1, -0.05) is 17.7 Å². The lowest BCUT2D eigenvalue weighted by molar-refractivity contribution is 1.11. The van der Waals surface area contributed by atoms with Crippen molar-refractivity contribution in [2.75, 3.05) is 0 Å². The minimum Gasteiger partial charge on any atom is -0.358 e. The van der Waals surface area contributed by atoms with E-state index in [0.717, 1.165) is 17.0 Å². The lowest BCUT2D eigenvalue weighted by Gasteiger charge is -1.97. The van der Waals surface area contributed by atoms with Gasteiger partial charge < -0.3 is 4.98 Å². The first-order chi connectivity index (χ1) is 8.31. The standard InChI is InChI=1S/C14H11ClN2/c15-12-2-1-11-8-13(17-14(11)9-12)7-10-3-5-16-6-4-10/h1-6,8-9,17H,7H2. The van der Waals surface area contributed by atoms with Crippen LogP contribution < -0.4 is 0 Å². The number of hydrogen-bond donors (Lipinski definition) is 1. The summed E-state index contributed by atoms with van der Waals surface area (Å²) in [6.07, 6.45) is 4.51. The number of benzene rings is 1. The van der Waals surface area contributed by atoms with Crippen LogP contribution in [0.2, 0.25) is 5.02 Å². The third kappa shape index (κ3) is 2.17. The summed E-state index contributed by atoms with van der Waals surface area (Å²) < 4.78 is 0. The summed E-state index contributed by atoms with van der Waals surface area (Å²) in [5.41, 5.74) is 3.52. The van der Waals surface area contributed by atoms with Gasteiger partial charge in [0, 0.05) is 35.0 Å². The number of fused-ring (bicyclic) bond motifs is 1. The first-order valence-electron chi connectivity index (χ1n) is 5.47. The van der Waals surface area contributed by atoms with Crippen LogP contribution in [0.15, 0.2) is 48.8 Å². The van der Waals surface area contributed by atoms with Gasteiger partial charge in [-0.05, 0) is 41.3 Å². The van der Waals surface area contributed by atoms with Crippen molar-refractivity contribution < 1.29 is 0 Å². The Morgan fingerprint density at radius 3 is 2.71 bits per heavy atom. The minimum absolute atomic E-state index is 0.759. The molecular formula is C14H11ClN2. The van der Waals surface area contributed by atoms with Gasteiger partial charge in [0.1, 0.15) is 0 Å². The summed E-state index contributed by atoms with van der Waals surface area (Å²) in [6.45, 7) is 0. The molecule has 1 aromatic carbocycles. The molecule has 2 heterocycles. The van der Waals surface area contributed by atoms with Gasteiger partial charge in [-0.2, -0.15) is 0 Å². The Morgan fingerprint density at radius 2 is 1.88 bits per heavy atom. The fraction of sp³-hybridized carbons (Fsp3) is 0.0714. The first-order valence-corrected chi connectivity index (χ1v) is 5.85. The van der Waals surface area contributed by atoms with Crippen LogP contribution in [0.4, 0.5) is 0 Å². The molecule has 0 fully saturated rings. The number of pyridine rings is 1. The second-order valence-corrected chi connectivity index (χ2v) is 4.49. The number of hydrogen-bond acceptors (Lipinski definition) is 1. The van der Waals surface area contributed by atoms with E-state index in [1.807, 2.05) is 42.7 Å². The molecule has 1 N–H and O–H groups in total. The average Bonchev–Trinajstić information content (AvgIpc) is 2.71. The molecule has 0 spiro atoms. The molecule has 0 aliphatic rings. The highest BCUT2D eigenvalue weighted by Gasteiger charge is 2.02. The van der Waals surface area contributed by atoms with Gasteiger partial charge in [0.2, 0.25) is 0 Å². The van der Waals surface area contributed by atoms with Crippen molar-refractivity contribution in [2.45, 2.75) is 6.42 Å². The van der Waals surface area contributed by atoms with Crippen LogP contribution >= 0.6 is 11.6 Å². The van der Waals surface area contributed by atoms with Gasteiger partial charge >= 0.3 is 0 Å². The summed E-state index contributed by atoms with van der Waals surface area (Å²) in [4.78, 5) is 7.39. The van der Waals surface area contributed by atoms with Crippen LogP contribution in [0, 0.1) is 0 Å². The Bertz CT molecular complexity index is 644. The van der Waals surface area contributed by atoms with Crippen LogP contribution in [-0.2, 0) is 6.42 Å².